The minimum absolute atomic E-state index is 0. The predicted octanol–water partition coefficient (Wildman–Crippen LogP) is 2.27. The quantitative estimate of drug-likeness (QED) is 0.403. The first-order valence-electron chi connectivity index (χ1n) is 7.43. The number of guanidine groups is 1. The average molecular weight is 429 g/mol. The molecule has 0 amide bonds. The minimum atomic E-state index is 0. The molecule has 0 aliphatic carbocycles. The molecule has 0 atom stereocenters. The SMILES string of the molecule is CCNC(=NCc1ccc(OC)nc1)NCCn1cccc1.I. The smallest absolute Gasteiger partial charge is 0.212 e. The molecule has 0 radical (unpaired) electrons. The highest BCUT2D eigenvalue weighted by Gasteiger charge is 1.99. The predicted molar refractivity (Wildman–Crippen MR) is 103 cm³/mol. The van der Waals surface area contributed by atoms with Crippen LogP contribution >= 0.6 is 24.0 Å². The lowest BCUT2D eigenvalue weighted by atomic mass is 10.3. The second-order valence-corrected chi connectivity index (χ2v) is 4.75. The van der Waals surface area contributed by atoms with Gasteiger partial charge in [0, 0.05) is 44.3 Å². The summed E-state index contributed by atoms with van der Waals surface area (Å²) in [5.74, 6) is 1.43. The fourth-order valence-corrected chi connectivity index (χ4v) is 1.96. The molecular formula is C16H24IN5O. The number of hydrogen-bond donors (Lipinski definition) is 2. The maximum Gasteiger partial charge on any atom is 0.212 e. The summed E-state index contributed by atoms with van der Waals surface area (Å²) < 4.78 is 7.18. The molecule has 2 aromatic rings. The fourth-order valence-electron chi connectivity index (χ4n) is 1.96. The number of rotatable bonds is 7. The van der Waals surface area contributed by atoms with Crippen LogP contribution in [-0.2, 0) is 13.1 Å². The molecule has 0 spiro atoms. The maximum atomic E-state index is 5.05. The standard InChI is InChI=1S/C16H23N5O.HI/c1-3-17-16(18-8-11-21-9-4-5-10-21)20-13-14-6-7-15(22-2)19-12-14;/h4-7,9-10,12H,3,8,11,13H2,1-2H3,(H2,17,18,20);1H. The molecule has 0 aromatic carbocycles. The highest BCUT2D eigenvalue weighted by Crippen LogP contribution is 2.07. The molecule has 0 aliphatic heterocycles. The van der Waals surface area contributed by atoms with Gasteiger partial charge in [0.1, 0.15) is 0 Å². The molecule has 0 bridgehead atoms. The van der Waals surface area contributed by atoms with Crippen molar-refractivity contribution >= 4 is 29.9 Å². The van der Waals surface area contributed by atoms with E-state index in [9.17, 15) is 0 Å². The molecule has 2 N–H and O–H groups in total. The van der Waals surface area contributed by atoms with Gasteiger partial charge in [0.05, 0.1) is 13.7 Å². The van der Waals surface area contributed by atoms with E-state index >= 15 is 0 Å². The Hall–Kier alpha value is -1.77. The molecule has 6 nitrogen and oxygen atoms in total. The van der Waals surface area contributed by atoms with E-state index in [0.717, 1.165) is 31.2 Å². The Bertz CT molecular complexity index is 569. The van der Waals surface area contributed by atoms with Crippen LogP contribution in [0.15, 0.2) is 47.8 Å². The van der Waals surface area contributed by atoms with Crippen molar-refractivity contribution in [3.63, 3.8) is 0 Å². The molecule has 0 saturated heterocycles. The van der Waals surface area contributed by atoms with Gasteiger partial charge in [0.25, 0.3) is 0 Å². The van der Waals surface area contributed by atoms with E-state index in [4.69, 9.17) is 4.74 Å². The number of ether oxygens (including phenoxy) is 1. The van der Waals surface area contributed by atoms with Crippen LogP contribution in [0.3, 0.4) is 0 Å². The van der Waals surface area contributed by atoms with E-state index in [1.54, 1.807) is 13.3 Å². The molecule has 0 saturated carbocycles. The molecule has 2 heterocycles. The van der Waals surface area contributed by atoms with Gasteiger partial charge in [-0.25, -0.2) is 9.98 Å². The summed E-state index contributed by atoms with van der Waals surface area (Å²) in [6.45, 7) is 5.19. The summed E-state index contributed by atoms with van der Waals surface area (Å²) in [4.78, 5) is 8.74. The van der Waals surface area contributed by atoms with Gasteiger partial charge in [-0.3, -0.25) is 0 Å². The summed E-state index contributed by atoms with van der Waals surface area (Å²) >= 11 is 0. The monoisotopic (exact) mass is 429 g/mol. The van der Waals surface area contributed by atoms with Crippen LogP contribution in [0.2, 0.25) is 0 Å². The van der Waals surface area contributed by atoms with Crippen molar-refractivity contribution in [1.82, 2.24) is 20.2 Å². The van der Waals surface area contributed by atoms with Crippen molar-refractivity contribution in [2.45, 2.75) is 20.0 Å². The molecular weight excluding hydrogens is 405 g/mol. The Morgan fingerprint density at radius 3 is 2.65 bits per heavy atom. The second-order valence-electron chi connectivity index (χ2n) is 4.75. The first-order chi connectivity index (χ1) is 10.8. The third-order valence-corrected chi connectivity index (χ3v) is 3.10. The number of methoxy groups -OCH3 is 1. The zero-order valence-electron chi connectivity index (χ0n) is 13.5. The highest BCUT2D eigenvalue weighted by molar-refractivity contribution is 14.0. The number of nitrogens with zero attached hydrogens (tertiary/aromatic N) is 3. The number of nitrogens with one attached hydrogen (secondary N) is 2. The number of hydrogen-bond acceptors (Lipinski definition) is 3. The van der Waals surface area contributed by atoms with Crippen molar-refractivity contribution in [3.8, 4) is 5.88 Å². The topological polar surface area (TPSA) is 63.5 Å². The second kappa shape index (κ2) is 10.9. The van der Waals surface area contributed by atoms with E-state index in [-0.39, 0.29) is 24.0 Å². The normalized spacial score (nSPS) is 10.8. The Labute approximate surface area is 154 Å². The van der Waals surface area contributed by atoms with E-state index in [2.05, 4.69) is 44.5 Å². The lowest BCUT2D eigenvalue weighted by Gasteiger charge is -2.11. The summed E-state index contributed by atoms with van der Waals surface area (Å²) in [7, 11) is 1.61. The van der Waals surface area contributed by atoms with Crippen LogP contribution in [0.4, 0.5) is 0 Å². The lowest BCUT2D eigenvalue weighted by molar-refractivity contribution is 0.397. The first kappa shape index (κ1) is 19.3. The number of halogens is 1. The van der Waals surface area contributed by atoms with Crippen LogP contribution in [0, 0.1) is 0 Å². The van der Waals surface area contributed by atoms with Gasteiger partial charge in [-0.2, -0.15) is 0 Å². The van der Waals surface area contributed by atoms with Crippen molar-refractivity contribution in [3.05, 3.63) is 48.4 Å². The van der Waals surface area contributed by atoms with Crippen LogP contribution < -0.4 is 15.4 Å². The fraction of sp³-hybridized carbons (Fsp3) is 0.375. The van der Waals surface area contributed by atoms with Gasteiger partial charge < -0.3 is 19.9 Å². The van der Waals surface area contributed by atoms with Gasteiger partial charge in [0.15, 0.2) is 5.96 Å². The molecule has 0 unspecified atom stereocenters. The van der Waals surface area contributed by atoms with Crippen LogP contribution in [-0.4, -0.2) is 35.7 Å². The zero-order valence-corrected chi connectivity index (χ0v) is 15.9. The van der Waals surface area contributed by atoms with Crippen molar-refractivity contribution in [1.29, 1.82) is 0 Å². The van der Waals surface area contributed by atoms with Crippen LogP contribution in [0.5, 0.6) is 5.88 Å². The molecule has 7 heteroatoms. The van der Waals surface area contributed by atoms with Gasteiger partial charge in [-0.15, -0.1) is 24.0 Å². The lowest BCUT2D eigenvalue weighted by Crippen LogP contribution is -2.38. The number of pyridine rings is 1. The summed E-state index contributed by atoms with van der Waals surface area (Å²) in [5, 5.41) is 6.56. The molecule has 2 aromatic heterocycles. The van der Waals surface area contributed by atoms with E-state index in [0.29, 0.717) is 12.4 Å². The summed E-state index contributed by atoms with van der Waals surface area (Å²) in [5.41, 5.74) is 1.04. The summed E-state index contributed by atoms with van der Waals surface area (Å²) in [6, 6.07) is 7.86. The first-order valence-corrected chi connectivity index (χ1v) is 7.43. The van der Waals surface area contributed by atoms with Gasteiger partial charge in [-0.1, -0.05) is 6.07 Å². The molecule has 126 valence electrons. The third kappa shape index (κ3) is 6.89. The highest BCUT2D eigenvalue weighted by atomic mass is 127. The van der Waals surface area contributed by atoms with Crippen LogP contribution in [0.25, 0.3) is 0 Å². The van der Waals surface area contributed by atoms with E-state index < -0.39 is 0 Å². The van der Waals surface area contributed by atoms with Gasteiger partial charge in [0.2, 0.25) is 5.88 Å². The van der Waals surface area contributed by atoms with Crippen molar-refractivity contribution < 1.29 is 4.74 Å². The van der Waals surface area contributed by atoms with E-state index in [1.807, 2.05) is 24.3 Å². The maximum absolute atomic E-state index is 5.05. The van der Waals surface area contributed by atoms with Crippen molar-refractivity contribution in [2.75, 3.05) is 20.2 Å². The van der Waals surface area contributed by atoms with E-state index in [1.165, 1.54) is 0 Å². The molecule has 0 aliphatic rings. The Morgan fingerprint density at radius 1 is 1.26 bits per heavy atom. The Kier molecular flexibility index (Phi) is 9.11. The van der Waals surface area contributed by atoms with Gasteiger partial charge in [-0.05, 0) is 24.6 Å². The largest absolute Gasteiger partial charge is 0.481 e. The number of aromatic nitrogens is 2. The molecule has 23 heavy (non-hydrogen) atoms. The minimum Gasteiger partial charge on any atom is -0.481 e. The van der Waals surface area contributed by atoms with Gasteiger partial charge >= 0.3 is 0 Å². The Morgan fingerprint density at radius 2 is 2.04 bits per heavy atom. The third-order valence-electron chi connectivity index (χ3n) is 3.10. The average Bonchev–Trinajstić information content (AvgIpc) is 3.06. The molecule has 2 rings (SSSR count). The summed E-state index contributed by atoms with van der Waals surface area (Å²) in [6.07, 6.45) is 5.88. The van der Waals surface area contributed by atoms with Crippen LogP contribution in [0.1, 0.15) is 12.5 Å². The van der Waals surface area contributed by atoms with Crippen molar-refractivity contribution in [2.24, 2.45) is 4.99 Å². The zero-order chi connectivity index (χ0) is 15.6. The molecule has 0 fully saturated rings. The number of aliphatic imine (C=N–C) groups is 1. The Balaban J connectivity index is 0.00000264.